The normalized spacial score (nSPS) is 11.2. The van der Waals surface area contributed by atoms with Crippen LogP contribution < -0.4 is 5.32 Å². The highest BCUT2D eigenvalue weighted by atomic mass is 32.1. The molecule has 5 aromatic rings. The van der Waals surface area contributed by atoms with Crippen molar-refractivity contribution < 1.29 is 9.32 Å². The van der Waals surface area contributed by atoms with Gasteiger partial charge in [-0.1, -0.05) is 41.6 Å². The highest BCUT2D eigenvalue weighted by Crippen LogP contribution is 2.24. The molecule has 0 atom stereocenters. The predicted molar refractivity (Wildman–Crippen MR) is 112 cm³/mol. The Morgan fingerprint density at radius 2 is 2.03 bits per heavy atom. The van der Waals surface area contributed by atoms with E-state index in [0.717, 1.165) is 26.9 Å². The Labute approximate surface area is 173 Å². The Morgan fingerprint density at radius 3 is 2.86 bits per heavy atom. The number of thiazole rings is 1. The zero-order valence-electron chi connectivity index (χ0n) is 15.1. The summed E-state index contributed by atoms with van der Waals surface area (Å²) in [6, 6.07) is 15.2. The van der Waals surface area contributed by atoms with E-state index in [0.29, 0.717) is 18.7 Å². The first-order valence-corrected chi connectivity index (χ1v) is 10.7. The molecule has 7 nitrogen and oxygen atoms in total. The summed E-state index contributed by atoms with van der Waals surface area (Å²) in [5.41, 5.74) is 2.15. The molecule has 0 aliphatic carbocycles. The molecule has 0 bridgehead atoms. The van der Waals surface area contributed by atoms with Crippen molar-refractivity contribution in [3.63, 3.8) is 0 Å². The third-order valence-corrected chi connectivity index (χ3v) is 6.09. The highest BCUT2D eigenvalue weighted by molar-refractivity contribution is 7.15. The van der Waals surface area contributed by atoms with Crippen LogP contribution in [0.2, 0.25) is 0 Å². The molecule has 9 heteroatoms. The lowest BCUT2D eigenvalue weighted by atomic mass is 10.1. The molecule has 0 radical (unpaired) electrons. The molecule has 0 unspecified atom stereocenters. The van der Waals surface area contributed by atoms with E-state index in [2.05, 4.69) is 20.6 Å². The van der Waals surface area contributed by atoms with Crippen LogP contribution in [0.5, 0.6) is 0 Å². The van der Waals surface area contributed by atoms with Gasteiger partial charge in [0.15, 0.2) is 17.3 Å². The lowest BCUT2D eigenvalue weighted by molar-refractivity contribution is 0.0945. The van der Waals surface area contributed by atoms with Crippen molar-refractivity contribution in [1.82, 2.24) is 25.1 Å². The lowest BCUT2D eigenvalue weighted by Gasteiger charge is -2.01. The molecule has 0 aliphatic rings. The Kier molecular flexibility index (Phi) is 4.66. The number of carbonyl (C=O) groups excluding carboxylic acids is 1. The van der Waals surface area contributed by atoms with Crippen LogP contribution in [-0.2, 0) is 6.42 Å². The van der Waals surface area contributed by atoms with Crippen molar-refractivity contribution in [2.45, 2.75) is 6.42 Å². The van der Waals surface area contributed by atoms with Gasteiger partial charge in [0.2, 0.25) is 4.96 Å². The molecule has 1 N–H and O–H groups in total. The molecular weight excluding hydrogens is 406 g/mol. The molecule has 0 spiro atoms. The largest absolute Gasteiger partial charge is 0.355 e. The molecule has 0 saturated heterocycles. The van der Waals surface area contributed by atoms with Gasteiger partial charge in [0, 0.05) is 30.0 Å². The number of nitrogens with one attached hydrogen (secondary N) is 1. The van der Waals surface area contributed by atoms with Crippen LogP contribution in [0.15, 0.2) is 63.8 Å². The SMILES string of the molecule is O=C(NCCc1csc2nc(-c3cccs3)nn12)c1cc(-c2ccccc2)on1. The molecule has 1 amide bonds. The van der Waals surface area contributed by atoms with Crippen LogP contribution >= 0.6 is 22.7 Å². The van der Waals surface area contributed by atoms with Gasteiger partial charge in [0.05, 0.1) is 10.6 Å². The van der Waals surface area contributed by atoms with E-state index in [-0.39, 0.29) is 11.6 Å². The number of amides is 1. The molecule has 0 aliphatic heterocycles. The van der Waals surface area contributed by atoms with Crippen LogP contribution in [0, 0.1) is 0 Å². The maximum absolute atomic E-state index is 12.4. The van der Waals surface area contributed by atoms with Crippen LogP contribution in [0.3, 0.4) is 0 Å². The van der Waals surface area contributed by atoms with Crippen LogP contribution in [-0.4, -0.2) is 32.2 Å². The standard InChI is InChI=1S/C20H15N5O2S2/c26-19(15-11-16(27-24-15)13-5-2-1-3-6-13)21-9-8-14-12-29-20-22-18(23-25(14)20)17-7-4-10-28-17/h1-7,10-12H,8-9H2,(H,21,26). The third-order valence-electron chi connectivity index (χ3n) is 4.36. The highest BCUT2D eigenvalue weighted by Gasteiger charge is 2.15. The fourth-order valence-corrected chi connectivity index (χ4v) is 4.43. The van der Waals surface area contributed by atoms with Crippen molar-refractivity contribution in [2.24, 2.45) is 0 Å². The second-order valence-corrected chi connectivity index (χ2v) is 8.07. The maximum atomic E-state index is 12.4. The zero-order valence-corrected chi connectivity index (χ0v) is 16.7. The first-order chi connectivity index (χ1) is 14.3. The number of fused-ring (bicyclic) bond motifs is 1. The molecule has 1 aromatic carbocycles. The van der Waals surface area contributed by atoms with E-state index in [1.54, 1.807) is 28.7 Å². The molecule has 4 aromatic heterocycles. The lowest BCUT2D eigenvalue weighted by Crippen LogP contribution is -2.26. The maximum Gasteiger partial charge on any atom is 0.273 e. The summed E-state index contributed by atoms with van der Waals surface area (Å²) in [6.07, 6.45) is 0.641. The van der Waals surface area contributed by atoms with Gasteiger partial charge in [0.25, 0.3) is 5.91 Å². The Bertz CT molecular complexity index is 1250. The van der Waals surface area contributed by atoms with E-state index < -0.39 is 0 Å². The fraction of sp³-hybridized carbons (Fsp3) is 0.100. The summed E-state index contributed by atoms with van der Waals surface area (Å²) >= 11 is 3.16. The smallest absolute Gasteiger partial charge is 0.273 e. The van der Waals surface area contributed by atoms with Gasteiger partial charge in [-0.05, 0) is 11.4 Å². The van der Waals surface area contributed by atoms with E-state index >= 15 is 0 Å². The third kappa shape index (κ3) is 3.57. The first-order valence-electron chi connectivity index (χ1n) is 8.95. The van der Waals surface area contributed by atoms with Gasteiger partial charge in [-0.2, -0.15) is 4.98 Å². The topological polar surface area (TPSA) is 85.3 Å². The first kappa shape index (κ1) is 17.8. The van der Waals surface area contributed by atoms with Gasteiger partial charge in [-0.15, -0.1) is 27.8 Å². The number of rotatable bonds is 6. The number of hydrogen-bond acceptors (Lipinski definition) is 7. The fourth-order valence-electron chi connectivity index (χ4n) is 2.92. The van der Waals surface area contributed by atoms with Crippen LogP contribution in [0.1, 0.15) is 16.2 Å². The summed E-state index contributed by atoms with van der Waals surface area (Å²) in [5, 5.41) is 15.4. The molecule has 144 valence electrons. The molecule has 5 rings (SSSR count). The van der Waals surface area contributed by atoms with Crippen LogP contribution in [0.4, 0.5) is 0 Å². The Morgan fingerprint density at radius 1 is 1.14 bits per heavy atom. The molecule has 0 saturated carbocycles. The molecule has 4 heterocycles. The number of aromatic nitrogens is 4. The summed E-state index contributed by atoms with van der Waals surface area (Å²) < 4.78 is 7.13. The van der Waals surface area contributed by atoms with Crippen molar-refractivity contribution >= 4 is 33.5 Å². The minimum atomic E-state index is -0.264. The second-order valence-electron chi connectivity index (χ2n) is 6.28. The average Bonchev–Trinajstić information content (AvgIpc) is 3.52. The summed E-state index contributed by atoms with van der Waals surface area (Å²) in [5.74, 6) is 1.03. The summed E-state index contributed by atoms with van der Waals surface area (Å²) in [4.78, 5) is 18.8. The monoisotopic (exact) mass is 421 g/mol. The summed E-state index contributed by atoms with van der Waals surface area (Å²) in [6.45, 7) is 0.465. The van der Waals surface area contributed by atoms with Gasteiger partial charge >= 0.3 is 0 Å². The van der Waals surface area contributed by atoms with Gasteiger partial charge < -0.3 is 9.84 Å². The number of benzene rings is 1. The van der Waals surface area contributed by atoms with E-state index in [4.69, 9.17) is 4.52 Å². The second kappa shape index (κ2) is 7.61. The Balaban J connectivity index is 1.23. The van der Waals surface area contributed by atoms with Gasteiger partial charge in [-0.3, -0.25) is 4.79 Å². The van der Waals surface area contributed by atoms with Crippen molar-refractivity contribution in [2.75, 3.05) is 6.54 Å². The average molecular weight is 422 g/mol. The van der Waals surface area contributed by atoms with Crippen molar-refractivity contribution in [1.29, 1.82) is 0 Å². The van der Waals surface area contributed by atoms with E-state index in [1.165, 1.54) is 0 Å². The van der Waals surface area contributed by atoms with Gasteiger partial charge in [0.1, 0.15) is 0 Å². The Hall–Kier alpha value is -3.30. The van der Waals surface area contributed by atoms with Gasteiger partial charge in [-0.25, -0.2) is 4.52 Å². The number of thiophene rings is 1. The minimum Gasteiger partial charge on any atom is -0.355 e. The number of nitrogens with zero attached hydrogens (tertiary/aromatic N) is 4. The zero-order chi connectivity index (χ0) is 19.6. The molecule has 0 fully saturated rings. The quantitative estimate of drug-likeness (QED) is 0.445. The number of hydrogen-bond donors (Lipinski definition) is 1. The van der Waals surface area contributed by atoms with Crippen molar-refractivity contribution in [3.8, 4) is 22.0 Å². The summed E-state index contributed by atoms with van der Waals surface area (Å²) in [7, 11) is 0. The number of carbonyl (C=O) groups is 1. The minimum absolute atomic E-state index is 0.264. The van der Waals surface area contributed by atoms with E-state index in [1.807, 2.05) is 57.7 Å². The molecule has 29 heavy (non-hydrogen) atoms. The van der Waals surface area contributed by atoms with Crippen LogP contribution in [0.25, 0.3) is 27.0 Å². The molecular formula is C20H15N5O2S2. The van der Waals surface area contributed by atoms with Crippen molar-refractivity contribution in [3.05, 3.63) is 70.7 Å². The predicted octanol–water partition coefficient (Wildman–Crippen LogP) is 4.15. The van der Waals surface area contributed by atoms with E-state index in [9.17, 15) is 4.79 Å².